The first-order valence-corrected chi connectivity index (χ1v) is 7.27. The summed E-state index contributed by atoms with van der Waals surface area (Å²) in [4.78, 5) is 2.52. The third-order valence-electron chi connectivity index (χ3n) is 4.21. The van der Waals surface area contributed by atoms with Crippen LogP contribution >= 0.6 is 23.2 Å². The Hall–Kier alpha value is -0.280. The fourth-order valence-corrected chi connectivity index (χ4v) is 3.67. The Labute approximate surface area is 117 Å². The Morgan fingerprint density at radius 2 is 1.78 bits per heavy atom. The molecule has 1 N–H and O–H groups in total. The summed E-state index contributed by atoms with van der Waals surface area (Å²) in [5, 5.41) is 11.0. The van der Waals surface area contributed by atoms with Gasteiger partial charge >= 0.3 is 0 Å². The molecule has 3 atom stereocenters. The first-order valence-electron chi connectivity index (χ1n) is 6.51. The molecular weight excluding hydrogens is 269 g/mol. The van der Waals surface area contributed by atoms with Crippen molar-refractivity contribution in [3.05, 3.63) is 33.8 Å². The lowest BCUT2D eigenvalue weighted by Gasteiger charge is -2.37. The zero-order chi connectivity index (χ0) is 12.7. The third kappa shape index (κ3) is 2.39. The molecule has 0 radical (unpaired) electrons. The maximum absolute atomic E-state index is 9.79. The predicted molar refractivity (Wildman–Crippen MR) is 74.1 cm³/mol. The van der Waals surface area contributed by atoms with Crippen LogP contribution in [0.5, 0.6) is 0 Å². The van der Waals surface area contributed by atoms with E-state index in [9.17, 15) is 5.11 Å². The number of hydrogen-bond acceptors (Lipinski definition) is 2. The average Bonchev–Trinajstić information content (AvgIpc) is 2.58. The van der Waals surface area contributed by atoms with Crippen LogP contribution in [-0.2, 0) is 6.54 Å². The molecule has 4 heteroatoms. The molecule has 2 fully saturated rings. The molecule has 0 spiro atoms. The Kier molecular flexibility index (Phi) is 3.55. The van der Waals surface area contributed by atoms with E-state index in [0.29, 0.717) is 22.1 Å². The Morgan fingerprint density at radius 1 is 1.11 bits per heavy atom. The summed E-state index contributed by atoms with van der Waals surface area (Å²) in [6.45, 7) is 0.916. The van der Waals surface area contributed by atoms with Gasteiger partial charge in [0.05, 0.1) is 16.1 Å². The molecule has 2 heterocycles. The van der Waals surface area contributed by atoms with Gasteiger partial charge in [0.1, 0.15) is 0 Å². The van der Waals surface area contributed by atoms with Crippen molar-refractivity contribution in [3.63, 3.8) is 0 Å². The van der Waals surface area contributed by atoms with Crippen molar-refractivity contribution in [1.29, 1.82) is 0 Å². The van der Waals surface area contributed by atoms with E-state index < -0.39 is 0 Å². The number of piperidine rings is 1. The van der Waals surface area contributed by atoms with Crippen LogP contribution in [0.1, 0.15) is 31.2 Å². The fourth-order valence-electron chi connectivity index (χ4n) is 3.35. The van der Waals surface area contributed by atoms with Crippen molar-refractivity contribution in [3.8, 4) is 0 Å². The van der Waals surface area contributed by atoms with Crippen LogP contribution in [0.15, 0.2) is 18.2 Å². The van der Waals surface area contributed by atoms with Gasteiger partial charge in [-0.25, -0.2) is 0 Å². The van der Waals surface area contributed by atoms with Crippen molar-refractivity contribution in [2.24, 2.45) is 0 Å². The zero-order valence-corrected chi connectivity index (χ0v) is 11.7. The molecule has 0 amide bonds. The summed E-state index contributed by atoms with van der Waals surface area (Å²) in [6.07, 6.45) is 4.15. The molecule has 1 aromatic carbocycles. The molecule has 18 heavy (non-hydrogen) atoms. The molecule has 0 aliphatic carbocycles. The van der Waals surface area contributed by atoms with Crippen LogP contribution in [0.4, 0.5) is 0 Å². The van der Waals surface area contributed by atoms with E-state index in [1.54, 1.807) is 0 Å². The van der Waals surface area contributed by atoms with Crippen LogP contribution in [0, 0.1) is 0 Å². The lowest BCUT2D eigenvalue weighted by molar-refractivity contribution is 0.0310. The number of halogens is 2. The largest absolute Gasteiger partial charge is 0.393 e. The summed E-state index contributed by atoms with van der Waals surface area (Å²) >= 11 is 12.0. The highest BCUT2D eigenvalue weighted by molar-refractivity contribution is 6.42. The number of fused-ring (bicyclic) bond motifs is 2. The highest BCUT2D eigenvalue weighted by atomic mass is 35.5. The smallest absolute Gasteiger partial charge is 0.0595 e. The molecule has 3 rings (SSSR count). The minimum absolute atomic E-state index is 0.104. The Morgan fingerprint density at radius 3 is 2.39 bits per heavy atom. The number of nitrogens with zero attached hydrogens (tertiary/aromatic N) is 1. The van der Waals surface area contributed by atoms with Gasteiger partial charge in [0, 0.05) is 18.6 Å². The van der Waals surface area contributed by atoms with Gasteiger partial charge in [-0.05, 0) is 43.4 Å². The van der Waals surface area contributed by atoms with E-state index in [4.69, 9.17) is 23.2 Å². The van der Waals surface area contributed by atoms with Gasteiger partial charge in [-0.3, -0.25) is 4.90 Å². The van der Waals surface area contributed by atoms with Crippen LogP contribution in [0.25, 0.3) is 0 Å². The topological polar surface area (TPSA) is 23.5 Å². The van der Waals surface area contributed by atoms with Crippen molar-refractivity contribution >= 4 is 23.2 Å². The first kappa shape index (κ1) is 12.7. The maximum Gasteiger partial charge on any atom is 0.0595 e. The summed E-state index contributed by atoms with van der Waals surface area (Å²) in [5.74, 6) is 0. The number of benzene rings is 1. The lowest BCUT2D eigenvalue weighted by Crippen LogP contribution is -2.44. The zero-order valence-electron chi connectivity index (χ0n) is 10.1. The minimum Gasteiger partial charge on any atom is -0.393 e. The first-order chi connectivity index (χ1) is 8.63. The van der Waals surface area contributed by atoms with Gasteiger partial charge in [0.2, 0.25) is 0 Å². The molecule has 2 nitrogen and oxygen atoms in total. The second kappa shape index (κ2) is 5.01. The van der Waals surface area contributed by atoms with Crippen LogP contribution in [0.3, 0.4) is 0 Å². The molecule has 2 aliphatic heterocycles. The van der Waals surface area contributed by atoms with Gasteiger partial charge in [-0.1, -0.05) is 29.3 Å². The standard InChI is InChI=1S/C14H17Cl2NO/c15-13-4-1-9(5-14(13)16)8-17-10-2-3-11(17)7-12(18)6-10/h1,4-5,10-12,18H,2-3,6-8H2/t10-,11+,12?. The molecule has 0 aromatic heterocycles. The average molecular weight is 286 g/mol. The Balaban J connectivity index is 1.75. The monoisotopic (exact) mass is 285 g/mol. The number of hydrogen-bond donors (Lipinski definition) is 1. The van der Waals surface area contributed by atoms with Crippen molar-refractivity contribution in [1.82, 2.24) is 4.90 Å². The number of aliphatic hydroxyl groups excluding tert-OH is 1. The van der Waals surface area contributed by atoms with Crippen molar-refractivity contribution < 1.29 is 5.11 Å². The molecule has 2 saturated heterocycles. The maximum atomic E-state index is 9.79. The summed E-state index contributed by atoms with van der Waals surface area (Å²) in [5.41, 5.74) is 1.21. The van der Waals surface area contributed by atoms with E-state index >= 15 is 0 Å². The molecular formula is C14H17Cl2NO. The normalized spacial score (nSPS) is 31.8. The van der Waals surface area contributed by atoms with Crippen molar-refractivity contribution in [2.75, 3.05) is 0 Å². The second-order valence-electron chi connectivity index (χ2n) is 5.43. The van der Waals surface area contributed by atoms with E-state index in [2.05, 4.69) is 4.90 Å². The van der Waals surface area contributed by atoms with E-state index in [1.807, 2.05) is 18.2 Å². The van der Waals surface area contributed by atoms with Gasteiger partial charge in [-0.15, -0.1) is 0 Å². The fraction of sp³-hybridized carbons (Fsp3) is 0.571. The molecule has 98 valence electrons. The quantitative estimate of drug-likeness (QED) is 0.899. The van der Waals surface area contributed by atoms with E-state index in [1.165, 1.54) is 18.4 Å². The van der Waals surface area contributed by atoms with Gasteiger partial charge < -0.3 is 5.11 Å². The minimum atomic E-state index is -0.104. The second-order valence-corrected chi connectivity index (χ2v) is 6.25. The number of rotatable bonds is 2. The van der Waals surface area contributed by atoms with Crippen LogP contribution in [0.2, 0.25) is 10.0 Å². The van der Waals surface area contributed by atoms with Gasteiger partial charge in [0.25, 0.3) is 0 Å². The highest BCUT2D eigenvalue weighted by Crippen LogP contribution is 2.37. The summed E-state index contributed by atoms with van der Waals surface area (Å²) in [6, 6.07) is 6.92. The molecule has 1 aromatic rings. The third-order valence-corrected chi connectivity index (χ3v) is 4.95. The number of aliphatic hydroxyl groups is 1. The van der Waals surface area contributed by atoms with Crippen molar-refractivity contribution in [2.45, 2.75) is 50.4 Å². The molecule has 2 aliphatic rings. The highest BCUT2D eigenvalue weighted by Gasteiger charge is 2.39. The predicted octanol–water partition coefficient (Wildman–Crippen LogP) is 3.48. The SMILES string of the molecule is OC1C[C@H]2CC[C@@H](C1)N2Cc1ccc(Cl)c(Cl)c1. The summed E-state index contributed by atoms with van der Waals surface area (Å²) < 4.78 is 0. The van der Waals surface area contributed by atoms with E-state index in [-0.39, 0.29) is 6.10 Å². The van der Waals surface area contributed by atoms with Crippen LogP contribution < -0.4 is 0 Å². The molecule has 0 saturated carbocycles. The Bertz CT molecular complexity index is 437. The van der Waals surface area contributed by atoms with Gasteiger partial charge in [0.15, 0.2) is 0 Å². The van der Waals surface area contributed by atoms with E-state index in [0.717, 1.165) is 19.4 Å². The molecule has 1 unspecified atom stereocenters. The van der Waals surface area contributed by atoms with Gasteiger partial charge in [-0.2, -0.15) is 0 Å². The summed E-state index contributed by atoms with van der Waals surface area (Å²) in [7, 11) is 0. The van der Waals surface area contributed by atoms with Crippen LogP contribution in [-0.4, -0.2) is 28.2 Å². The molecule has 2 bridgehead atoms. The lowest BCUT2D eigenvalue weighted by atomic mass is 9.99.